The fourth-order valence-electron chi connectivity index (χ4n) is 4.45. The van der Waals surface area contributed by atoms with Crippen molar-refractivity contribution in [3.8, 4) is 11.5 Å². The van der Waals surface area contributed by atoms with Crippen LogP contribution in [-0.2, 0) is 16.1 Å². The molecule has 0 bridgehead atoms. The second-order valence-electron chi connectivity index (χ2n) is 8.80. The summed E-state index contributed by atoms with van der Waals surface area (Å²) in [4.78, 5) is 28.0. The van der Waals surface area contributed by atoms with E-state index in [4.69, 9.17) is 9.47 Å². The number of fused-ring (bicyclic) bond motifs is 1. The summed E-state index contributed by atoms with van der Waals surface area (Å²) in [5.41, 5.74) is 0.917. The molecule has 3 aromatic rings. The number of methoxy groups -OCH3 is 1. The van der Waals surface area contributed by atoms with Crippen LogP contribution in [0.3, 0.4) is 0 Å². The van der Waals surface area contributed by atoms with Crippen LogP contribution in [-0.4, -0.2) is 42.5 Å². The molecule has 0 aromatic heterocycles. The molecule has 34 heavy (non-hydrogen) atoms. The molecule has 3 aromatic carbocycles. The van der Waals surface area contributed by atoms with Gasteiger partial charge < -0.3 is 19.7 Å². The third-order valence-electron chi connectivity index (χ3n) is 6.48. The lowest BCUT2D eigenvalue weighted by molar-refractivity contribution is -0.142. The quantitative estimate of drug-likeness (QED) is 0.503. The summed E-state index contributed by atoms with van der Waals surface area (Å²) in [6.45, 7) is 1.94. The Morgan fingerprint density at radius 3 is 2.44 bits per heavy atom. The number of carbonyl (C=O) groups excluding carboxylic acids is 2. The molecule has 6 heteroatoms. The van der Waals surface area contributed by atoms with Crippen molar-refractivity contribution in [3.05, 3.63) is 72.3 Å². The van der Waals surface area contributed by atoms with Gasteiger partial charge in [0, 0.05) is 18.0 Å². The van der Waals surface area contributed by atoms with Gasteiger partial charge >= 0.3 is 0 Å². The first-order valence-corrected chi connectivity index (χ1v) is 11.9. The number of hydrogen-bond acceptors (Lipinski definition) is 4. The maximum Gasteiger partial charge on any atom is 0.261 e. The molecule has 0 saturated heterocycles. The monoisotopic (exact) mass is 460 g/mol. The fourth-order valence-corrected chi connectivity index (χ4v) is 4.45. The van der Waals surface area contributed by atoms with Crippen molar-refractivity contribution in [1.82, 2.24) is 10.2 Å². The van der Waals surface area contributed by atoms with Gasteiger partial charge in [0.05, 0.1) is 7.11 Å². The Hall–Kier alpha value is -3.54. The van der Waals surface area contributed by atoms with Gasteiger partial charge in [0.2, 0.25) is 5.91 Å². The van der Waals surface area contributed by atoms with Gasteiger partial charge in [-0.3, -0.25) is 9.59 Å². The van der Waals surface area contributed by atoms with Crippen molar-refractivity contribution < 1.29 is 19.1 Å². The highest BCUT2D eigenvalue weighted by Crippen LogP contribution is 2.25. The maximum atomic E-state index is 13.4. The lowest BCUT2D eigenvalue weighted by Gasteiger charge is -2.29. The highest BCUT2D eigenvalue weighted by Gasteiger charge is 2.28. The first-order chi connectivity index (χ1) is 16.5. The summed E-state index contributed by atoms with van der Waals surface area (Å²) in [6, 6.07) is 20.8. The summed E-state index contributed by atoms with van der Waals surface area (Å²) in [5.74, 6) is 1.03. The third-order valence-corrected chi connectivity index (χ3v) is 6.48. The topological polar surface area (TPSA) is 67.9 Å². The van der Waals surface area contributed by atoms with E-state index in [1.54, 1.807) is 18.9 Å². The van der Waals surface area contributed by atoms with Crippen molar-refractivity contribution in [2.24, 2.45) is 0 Å². The Bertz CT molecular complexity index is 1120. The Morgan fingerprint density at radius 1 is 1.00 bits per heavy atom. The minimum atomic E-state index is -0.619. The van der Waals surface area contributed by atoms with E-state index in [0.717, 1.165) is 47.8 Å². The average Bonchev–Trinajstić information content (AvgIpc) is 3.38. The van der Waals surface area contributed by atoms with E-state index in [9.17, 15) is 9.59 Å². The maximum absolute atomic E-state index is 13.4. The molecule has 6 nitrogen and oxygen atoms in total. The van der Waals surface area contributed by atoms with Gasteiger partial charge in [-0.2, -0.15) is 0 Å². The molecule has 0 unspecified atom stereocenters. The van der Waals surface area contributed by atoms with Crippen molar-refractivity contribution in [2.75, 3.05) is 13.7 Å². The molecule has 4 rings (SSSR count). The highest BCUT2D eigenvalue weighted by molar-refractivity contribution is 5.90. The zero-order valence-electron chi connectivity index (χ0n) is 19.8. The Balaban J connectivity index is 1.50. The highest BCUT2D eigenvalue weighted by atomic mass is 16.5. The van der Waals surface area contributed by atoms with Gasteiger partial charge in [-0.05, 0) is 48.9 Å². The second-order valence-corrected chi connectivity index (χ2v) is 8.80. The van der Waals surface area contributed by atoms with Gasteiger partial charge in [-0.15, -0.1) is 0 Å². The van der Waals surface area contributed by atoms with Crippen LogP contribution >= 0.6 is 0 Å². The van der Waals surface area contributed by atoms with Gasteiger partial charge in [-0.1, -0.05) is 61.4 Å². The number of ether oxygens (including phenoxy) is 2. The predicted octanol–water partition coefficient (Wildman–Crippen LogP) is 4.70. The Labute approximate surface area is 200 Å². The van der Waals surface area contributed by atoms with Gasteiger partial charge in [0.25, 0.3) is 5.91 Å². The standard InChI is InChI=1S/C28H32N2O4/c1-20(28(32)29-23-10-4-5-11-23)30(18-21-14-16-24(33-2)17-15-21)27(31)19-34-26-13-7-9-22-8-3-6-12-25(22)26/h3,6-9,12-17,20,23H,4-5,10-11,18-19H2,1-2H3,(H,29,32)/t20-/m1/s1. The molecule has 1 fully saturated rings. The Kier molecular flexibility index (Phi) is 7.68. The molecule has 0 spiro atoms. The normalized spacial score (nSPS) is 14.5. The number of carbonyl (C=O) groups is 2. The zero-order valence-corrected chi connectivity index (χ0v) is 19.8. The summed E-state index contributed by atoms with van der Waals surface area (Å²) < 4.78 is 11.2. The molecule has 2 amide bonds. The number of rotatable bonds is 9. The van der Waals surface area contributed by atoms with E-state index in [0.29, 0.717) is 12.3 Å². The molecular weight excluding hydrogens is 428 g/mol. The predicted molar refractivity (Wildman–Crippen MR) is 133 cm³/mol. The van der Waals surface area contributed by atoms with E-state index >= 15 is 0 Å². The molecular formula is C28H32N2O4. The van der Waals surface area contributed by atoms with Crippen molar-refractivity contribution in [3.63, 3.8) is 0 Å². The second kappa shape index (κ2) is 11.1. The molecule has 1 N–H and O–H groups in total. The van der Waals surface area contributed by atoms with Crippen LogP contribution in [0, 0.1) is 0 Å². The summed E-state index contributed by atoms with van der Waals surface area (Å²) >= 11 is 0. The Morgan fingerprint density at radius 2 is 1.71 bits per heavy atom. The largest absolute Gasteiger partial charge is 0.497 e. The molecule has 1 saturated carbocycles. The van der Waals surface area contributed by atoms with E-state index in [1.807, 2.05) is 66.7 Å². The van der Waals surface area contributed by atoms with Crippen LogP contribution < -0.4 is 14.8 Å². The molecule has 0 heterocycles. The van der Waals surface area contributed by atoms with Crippen LogP contribution in [0.1, 0.15) is 38.2 Å². The summed E-state index contributed by atoms with van der Waals surface area (Å²) in [7, 11) is 1.62. The minimum Gasteiger partial charge on any atom is -0.497 e. The summed E-state index contributed by atoms with van der Waals surface area (Å²) in [5, 5.41) is 5.12. The molecule has 178 valence electrons. The smallest absolute Gasteiger partial charge is 0.261 e. The van der Waals surface area contributed by atoms with Gasteiger partial charge in [0.1, 0.15) is 17.5 Å². The molecule has 1 aliphatic rings. The lowest BCUT2D eigenvalue weighted by Crippen LogP contribution is -2.50. The van der Waals surface area contributed by atoms with Gasteiger partial charge in [0.15, 0.2) is 6.61 Å². The fraction of sp³-hybridized carbons (Fsp3) is 0.357. The van der Waals surface area contributed by atoms with Crippen molar-refractivity contribution in [2.45, 2.75) is 51.2 Å². The first kappa shape index (κ1) is 23.6. The van der Waals surface area contributed by atoms with Gasteiger partial charge in [-0.25, -0.2) is 0 Å². The zero-order chi connectivity index (χ0) is 23.9. The number of nitrogens with zero attached hydrogens (tertiary/aromatic N) is 1. The van der Waals surface area contributed by atoms with Crippen LogP contribution in [0.25, 0.3) is 10.8 Å². The number of hydrogen-bond donors (Lipinski definition) is 1. The van der Waals surface area contributed by atoms with Crippen LogP contribution in [0.2, 0.25) is 0 Å². The number of benzene rings is 3. The van der Waals surface area contributed by atoms with Crippen LogP contribution in [0.4, 0.5) is 0 Å². The van der Waals surface area contributed by atoms with E-state index in [1.165, 1.54) is 0 Å². The molecule has 0 aliphatic heterocycles. The third kappa shape index (κ3) is 5.68. The summed E-state index contributed by atoms with van der Waals surface area (Å²) in [6.07, 6.45) is 4.25. The first-order valence-electron chi connectivity index (χ1n) is 11.9. The lowest BCUT2D eigenvalue weighted by atomic mass is 10.1. The van der Waals surface area contributed by atoms with Crippen LogP contribution in [0.5, 0.6) is 11.5 Å². The van der Waals surface area contributed by atoms with Crippen molar-refractivity contribution >= 4 is 22.6 Å². The molecule has 0 radical (unpaired) electrons. The average molecular weight is 461 g/mol. The van der Waals surface area contributed by atoms with E-state index < -0.39 is 6.04 Å². The number of amides is 2. The van der Waals surface area contributed by atoms with E-state index in [-0.39, 0.29) is 24.5 Å². The SMILES string of the molecule is COc1ccc(CN(C(=O)COc2cccc3ccccc23)[C@H](C)C(=O)NC2CCCC2)cc1. The number of nitrogens with one attached hydrogen (secondary N) is 1. The van der Waals surface area contributed by atoms with Crippen LogP contribution in [0.15, 0.2) is 66.7 Å². The minimum absolute atomic E-state index is 0.126. The van der Waals surface area contributed by atoms with Crippen molar-refractivity contribution in [1.29, 1.82) is 0 Å². The molecule has 1 aliphatic carbocycles. The van der Waals surface area contributed by atoms with E-state index in [2.05, 4.69) is 5.32 Å². The molecule has 1 atom stereocenters.